The molecule has 1 saturated heterocycles. The Hall–Kier alpha value is -2.61. The predicted octanol–water partition coefficient (Wildman–Crippen LogP) is 3.17. The zero-order chi connectivity index (χ0) is 25.5. The van der Waals surface area contributed by atoms with E-state index in [9.17, 15) is 15.0 Å². The van der Waals surface area contributed by atoms with Gasteiger partial charge in [0.15, 0.2) is 17.6 Å². The first kappa shape index (κ1) is 23.5. The minimum Gasteiger partial charge on any atom is -0.504 e. The van der Waals surface area contributed by atoms with Gasteiger partial charge in [-0.15, -0.1) is 0 Å². The Kier molecular flexibility index (Phi) is 5.20. The number of aliphatic hydroxyl groups is 1. The lowest BCUT2D eigenvalue weighted by molar-refractivity contribution is -0.202. The van der Waals surface area contributed by atoms with Gasteiger partial charge in [-0.05, 0) is 68.2 Å². The first-order chi connectivity index (χ1) is 17.9. The second-order valence-electron chi connectivity index (χ2n) is 11.9. The molecule has 2 bridgehead atoms. The Bertz CT molecular complexity index is 1230. The highest BCUT2D eigenvalue weighted by Gasteiger charge is 2.73. The third-order valence-electron chi connectivity index (χ3n) is 10.1. The normalized spacial score (nSPS) is 34.4. The molecule has 6 atom stereocenters. The van der Waals surface area contributed by atoms with Crippen molar-refractivity contribution in [3.05, 3.63) is 59.2 Å². The van der Waals surface area contributed by atoms with Gasteiger partial charge in [0.25, 0.3) is 5.91 Å². The third-order valence-corrected chi connectivity index (χ3v) is 10.1. The number of aromatic hydroxyl groups is 1. The van der Waals surface area contributed by atoms with E-state index in [0.717, 1.165) is 43.0 Å². The minimum absolute atomic E-state index is 0.0222. The van der Waals surface area contributed by atoms with E-state index in [1.54, 1.807) is 18.1 Å². The molecule has 196 valence electrons. The number of benzene rings is 2. The molecular formula is C30H36N2O5. The van der Waals surface area contributed by atoms with Gasteiger partial charge >= 0.3 is 0 Å². The molecule has 0 aromatic heterocycles. The van der Waals surface area contributed by atoms with Crippen LogP contribution in [0.4, 0.5) is 0 Å². The zero-order valence-corrected chi connectivity index (χ0v) is 21.6. The summed E-state index contributed by atoms with van der Waals surface area (Å²) in [6, 6.07) is 13.1. The van der Waals surface area contributed by atoms with Crippen LogP contribution in [-0.4, -0.2) is 77.0 Å². The van der Waals surface area contributed by atoms with Crippen molar-refractivity contribution in [2.24, 2.45) is 5.92 Å². The molecular weight excluding hydrogens is 468 g/mol. The van der Waals surface area contributed by atoms with Crippen molar-refractivity contribution in [3.8, 4) is 11.5 Å². The number of carbonyl (C=O) groups is 1. The van der Waals surface area contributed by atoms with E-state index in [1.165, 1.54) is 18.4 Å². The highest BCUT2D eigenvalue weighted by atomic mass is 16.5. The van der Waals surface area contributed by atoms with Crippen molar-refractivity contribution in [2.45, 2.75) is 73.8 Å². The Morgan fingerprint density at radius 1 is 1.19 bits per heavy atom. The van der Waals surface area contributed by atoms with Crippen LogP contribution >= 0.6 is 0 Å². The van der Waals surface area contributed by atoms with E-state index in [-0.39, 0.29) is 23.7 Å². The maximum Gasteiger partial charge on any atom is 0.256 e. The fourth-order valence-electron chi connectivity index (χ4n) is 8.21. The first-order valence-electron chi connectivity index (χ1n) is 13.7. The number of likely N-dealkylation sites (tertiary alicyclic amines) is 1. The van der Waals surface area contributed by atoms with Crippen LogP contribution in [0.1, 0.15) is 54.9 Å². The fraction of sp³-hybridized carbons (Fsp3) is 0.567. The fourth-order valence-corrected chi connectivity index (χ4v) is 8.21. The monoisotopic (exact) mass is 504 g/mol. The second-order valence-corrected chi connectivity index (χ2v) is 11.9. The van der Waals surface area contributed by atoms with Crippen LogP contribution in [0, 0.1) is 5.92 Å². The second kappa shape index (κ2) is 8.19. The molecule has 1 spiro atoms. The minimum atomic E-state index is -0.961. The van der Waals surface area contributed by atoms with Gasteiger partial charge in [-0.3, -0.25) is 9.69 Å². The van der Waals surface area contributed by atoms with Gasteiger partial charge in [-0.2, -0.15) is 0 Å². The van der Waals surface area contributed by atoms with E-state index in [2.05, 4.69) is 4.90 Å². The van der Waals surface area contributed by atoms with Crippen LogP contribution in [0.3, 0.4) is 0 Å². The summed E-state index contributed by atoms with van der Waals surface area (Å²) in [7, 11) is 3.40. The molecule has 2 saturated carbocycles. The predicted molar refractivity (Wildman–Crippen MR) is 138 cm³/mol. The lowest BCUT2D eigenvalue weighted by Gasteiger charge is -2.64. The van der Waals surface area contributed by atoms with Crippen LogP contribution in [-0.2, 0) is 21.4 Å². The van der Waals surface area contributed by atoms with Crippen LogP contribution in [0.5, 0.6) is 11.5 Å². The number of hydrogen-bond acceptors (Lipinski definition) is 6. The number of likely N-dealkylation sites (N-methyl/N-ethyl adjacent to an activating group) is 1. The Balaban J connectivity index is 1.29. The summed E-state index contributed by atoms with van der Waals surface area (Å²) in [6.07, 6.45) is 4.17. The van der Waals surface area contributed by atoms with E-state index >= 15 is 0 Å². The molecule has 2 aliphatic heterocycles. The van der Waals surface area contributed by atoms with Crippen molar-refractivity contribution < 1.29 is 24.5 Å². The molecule has 7 nitrogen and oxygen atoms in total. The van der Waals surface area contributed by atoms with E-state index < -0.39 is 23.2 Å². The molecule has 7 heteroatoms. The molecule has 2 aromatic rings. The van der Waals surface area contributed by atoms with Gasteiger partial charge in [-0.25, -0.2) is 0 Å². The quantitative estimate of drug-likeness (QED) is 0.629. The van der Waals surface area contributed by atoms with Crippen molar-refractivity contribution in [3.63, 3.8) is 0 Å². The molecule has 2 aromatic carbocycles. The summed E-state index contributed by atoms with van der Waals surface area (Å²) in [5.74, 6) is 1.25. The molecule has 3 fully saturated rings. The van der Waals surface area contributed by atoms with Gasteiger partial charge < -0.3 is 24.6 Å². The number of phenols is 1. The summed E-state index contributed by atoms with van der Waals surface area (Å²) in [6.45, 7) is 1.94. The van der Waals surface area contributed by atoms with Crippen LogP contribution < -0.4 is 4.74 Å². The van der Waals surface area contributed by atoms with E-state index in [1.807, 2.05) is 43.4 Å². The average molecular weight is 505 g/mol. The Morgan fingerprint density at radius 3 is 2.70 bits per heavy atom. The molecule has 1 amide bonds. The molecule has 0 unspecified atom stereocenters. The lowest BCUT2D eigenvalue weighted by atomic mass is 9.48. The van der Waals surface area contributed by atoms with Crippen molar-refractivity contribution in [2.75, 3.05) is 27.2 Å². The first-order valence-corrected chi connectivity index (χ1v) is 13.7. The number of carbonyl (C=O) groups excluding carboxylic acids is 1. The molecule has 2 heterocycles. The standard InChI is InChI=1S/C30H36N2O5/c1-31(28(34)25(36-2)19-6-4-3-5-7-19)21-12-13-30(35)23-16-20-10-11-22(33)26-24(20)29(30,27(21)37-26)14-15-32(23)17-18-8-9-18/h3-7,10-11,18,21,23,25,27,33,35H,8-9,12-17H2,1-2H3/t21-,23+,25-,27-,29-,30+/m0/s1. The molecule has 7 rings (SSSR count). The van der Waals surface area contributed by atoms with Gasteiger partial charge in [0, 0.05) is 32.3 Å². The summed E-state index contributed by atoms with van der Waals surface area (Å²) >= 11 is 0. The van der Waals surface area contributed by atoms with Crippen LogP contribution in [0.15, 0.2) is 42.5 Å². The number of piperidine rings is 1. The Morgan fingerprint density at radius 2 is 1.97 bits per heavy atom. The molecule has 2 N–H and O–H groups in total. The zero-order valence-electron chi connectivity index (χ0n) is 21.6. The van der Waals surface area contributed by atoms with Gasteiger partial charge in [0.2, 0.25) is 0 Å². The number of ether oxygens (including phenoxy) is 2. The van der Waals surface area contributed by atoms with Gasteiger partial charge in [-0.1, -0.05) is 36.4 Å². The SMILES string of the molecule is CO[C@H](C(=O)N(C)[C@H]1CC[C@@]2(O)[C@H]3Cc4ccc(O)c5c4[C@@]2(CCN3CC2CC2)[C@H]1O5)c1ccccc1. The Labute approximate surface area is 218 Å². The molecule has 3 aliphatic carbocycles. The van der Waals surface area contributed by atoms with Gasteiger partial charge in [0.1, 0.15) is 6.10 Å². The molecule has 5 aliphatic rings. The summed E-state index contributed by atoms with van der Waals surface area (Å²) in [5, 5.41) is 23.5. The number of methoxy groups -OCH3 is 1. The van der Waals surface area contributed by atoms with Gasteiger partial charge in [0.05, 0.1) is 17.1 Å². The van der Waals surface area contributed by atoms with Crippen molar-refractivity contribution >= 4 is 5.91 Å². The largest absolute Gasteiger partial charge is 0.504 e. The average Bonchev–Trinajstić information content (AvgIpc) is 3.65. The van der Waals surface area contributed by atoms with Crippen LogP contribution in [0.25, 0.3) is 0 Å². The summed E-state index contributed by atoms with van der Waals surface area (Å²) in [4.78, 5) is 18.1. The highest BCUT2D eigenvalue weighted by Crippen LogP contribution is 2.66. The van der Waals surface area contributed by atoms with Crippen molar-refractivity contribution in [1.29, 1.82) is 0 Å². The van der Waals surface area contributed by atoms with E-state index in [0.29, 0.717) is 18.6 Å². The van der Waals surface area contributed by atoms with Crippen LogP contribution in [0.2, 0.25) is 0 Å². The van der Waals surface area contributed by atoms with Crippen molar-refractivity contribution in [1.82, 2.24) is 9.80 Å². The molecule has 37 heavy (non-hydrogen) atoms. The van der Waals surface area contributed by atoms with E-state index in [4.69, 9.17) is 9.47 Å². The number of nitrogens with zero attached hydrogens (tertiary/aromatic N) is 2. The number of rotatable bonds is 6. The smallest absolute Gasteiger partial charge is 0.256 e. The highest BCUT2D eigenvalue weighted by molar-refractivity contribution is 5.82. The topological polar surface area (TPSA) is 82.5 Å². The third kappa shape index (κ3) is 3.14. The number of phenolic OH excluding ortho intramolecular Hbond substituents is 1. The summed E-state index contributed by atoms with van der Waals surface area (Å²) < 4.78 is 12.3. The maximum absolute atomic E-state index is 13.8. The lowest BCUT2D eigenvalue weighted by Crippen LogP contribution is -2.78. The molecule has 0 radical (unpaired) electrons. The maximum atomic E-state index is 13.8. The number of hydrogen-bond donors (Lipinski definition) is 2. The number of amides is 1. The summed E-state index contributed by atoms with van der Waals surface area (Å²) in [5.41, 5.74) is 1.36.